The van der Waals surface area contributed by atoms with E-state index in [1.165, 1.54) is 4.90 Å². The lowest BCUT2D eigenvalue weighted by Crippen LogP contribution is -2.21. The first-order valence-electron chi connectivity index (χ1n) is 8.15. The summed E-state index contributed by atoms with van der Waals surface area (Å²) in [6, 6.07) is 15.6. The van der Waals surface area contributed by atoms with Gasteiger partial charge in [0.25, 0.3) is 5.91 Å². The van der Waals surface area contributed by atoms with Crippen molar-refractivity contribution in [1.82, 2.24) is 19.7 Å². The molecular weight excluding hydrogens is 314 g/mol. The van der Waals surface area contributed by atoms with E-state index < -0.39 is 0 Å². The second-order valence-corrected chi connectivity index (χ2v) is 5.90. The highest BCUT2D eigenvalue weighted by Gasteiger charge is 2.08. The number of anilines is 1. The van der Waals surface area contributed by atoms with Gasteiger partial charge in [0.15, 0.2) is 0 Å². The van der Waals surface area contributed by atoms with Crippen LogP contribution < -0.4 is 5.32 Å². The second-order valence-electron chi connectivity index (χ2n) is 5.90. The van der Waals surface area contributed by atoms with Crippen molar-refractivity contribution in [2.75, 3.05) is 26.0 Å². The molecule has 3 rings (SSSR count). The van der Waals surface area contributed by atoms with E-state index in [0.717, 1.165) is 30.2 Å². The van der Waals surface area contributed by atoms with Crippen molar-refractivity contribution in [3.8, 4) is 5.69 Å². The van der Waals surface area contributed by atoms with Gasteiger partial charge >= 0.3 is 0 Å². The van der Waals surface area contributed by atoms with Crippen molar-refractivity contribution < 1.29 is 4.79 Å². The van der Waals surface area contributed by atoms with Crippen LogP contribution in [0, 0.1) is 0 Å². The minimum absolute atomic E-state index is 0.0505. The molecule has 1 amide bonds. The fourth-order valence-electron chi connectivity index (χ4n) is 2.42. The van der Waals surface area contributed by atoms with Gasteiger partial charge in [0.05, 0.1) is 16.9 Å². The van der Waals surface area contributed by atoms with Gasteiger partial charge in [-0.1, -0.05) is 18.2 Å². The van der Waals surface area contributed by atoms with E-state index >= 15 is 0 Å². The van der Waals surface area contributed by atoms with Crippen molar-refractivity contribution in [1.29, 1.82) is 0 Å². The Labute approximate surface area is 147 Å². The van der Waals surface area contributed by atoms with E-state index in [-0.39, 0.29) is 5.91 Å². The number of nitrogens with one attached hydrogen (secondary N) is 1. The van der Waals surface area contributed by atoms with Gasteiger partial charge in [-0.2, -0.15) is 5.10 Å². The number of benzene rings is 1. The normalized spacial score (nSPS) is 10.5. The highest BCUT2D eigenvalue weighted by atomic mass is 16.2. The number of amides is 1. The number of hydrogen-bond donors (Lipinski definition) is 1. The van der Waals surface area contributed by atoms with Gasteiger partial charge < -0.3 is 10.2 Å². The van der Waals surface area contributed by atoms with Crippen LogP contribution in [0.5, 0.6) is 0 Å². The predicted octanol–water partition coefficient (Wildman–Crippen LogP) is 2.62. The molecule has 6 nitrogen and oxygen atoms in total. The van der Waals surface area contributed by atoms with Gasteiger partial charge in [-0.15, -0.1) is 0 Å². The third-order valence-corrected chi connectivity index (χ3v) is 3.77. The average Bonchev–Trinajstić information content (AvgIpc) is 3.11. The number of carbonyl (C=O) groups excluding carboxylic acids is 1. The van der Waals surface area contributed by atoms with E-state index in [9.17, 15) is 4.79 Å². The summed E-state index contributed by atoms with van der Waals surface area (Å²) in [6.07, 6.45) is 4.35. The van der Waals surface area contributed by atoms with Crippen molar-refractivity contribution in [2.45, 2.75) is 6.42 Å². The summed E-state index contributed by atoms with van der Waals surface area (Å²) in [6.45, 7) is 0.722. The van der Waals surface area contributed by atoms with Gasteiger partial charge in [-0.3, -0.25) is 4.79 Å². The molecule has 0 bridgehead atoms. The lowest BCUT2D eigenvalue weighted by Gasteiger charge is -2.10. The minimum atomic E-state index is -0.0505. The molecule has 1 N–H and O–H groups in total. The molecule has 25 heavy (non-hydrogen) atoms. The number of pyridine rings is 1. The van der Waals surface area contributed by atoms with Crippen LogP contribution in [0.4, 0.5) is 5.82 Å². The summed E-state index contributed by atoms with van der Waals surface area (Å²) in [7, 11) is 3.45. The zero-order valence-electron chi connectivity index (χ0n) is 14.4. The third-order valence-electron chi connectivity index (χ3n) is 3.77. The molecule has 0 unspecified atom stereocenters. The fourth-order valence-corrected chi connectivity index (χ4v) is 2.42. The zero-order chi connectivity index (χ0) is 17.6. The van der Waals surface area contributed by atoms with Crippen LogP contribution in [0.25, 0.3) is 5.69 Å². The molecule has 0 aliphatic rings. The largest absolute Gasteiger partial charge is 0.370 e. The molecule has 0 aliphatic heterocycles. The highest BCUT2D eigenvalue weighted by Crippen LogP contribution is 2.09. The van der Waals surface area contributed by atoms with E-state index in [4.69, 9.17) is 0 Å². The molecular formula is C19H21N5O. The van der Waals surface area contributed by atoms with Gasteiger partial charge in [0, 0.05) is 39.5 Å². The Kier molecular flexibility index (Phi) is 5.09. The van der Waals surface area contributed by atoms with Crippen LogP contribution in [-0.2, 0) is 6.42 Å². The zero-order valence-corrected chi connectivity index (χ0v) is 14.4. The first-order valence-corrected chi connectivity index (χ1v) is 8.15. The summed E-state index contributed by atoms with van der Waals surface area (Å²) in [5, 5.41) is 7.83. The molecule has 0 saturated carbocycles. The SMILES string of the molecule is CN(C)C(=O)c1ccc(NCCc2ccn(-c3ccccc3)n2)nc1. The maximum atomic E-state index is 11.8. The summed E-state index contributed by atoms with van der Waals surface area (Å²) in [5.41, 5.74) is 2.64. The number of nitrogens with zero attached hydrogens (tertiary/aromatic N) is 4. The highest BCUT2D eigenvalue weighted by molar-refractivity contribution is 5.93. The molecule has 3 aromatic rings. The molecule has 0 atom stereocenters. The van der Waals surface area contributed by atoms with Gasteiger partial charge in [0.1, 0.15) is 5.82 Å². The van der Waals surface area contributed by atoms with E-state index in [0.29, 0.717) is 5.56 Å². The molecule has 128 valence electrons. The summed E-state index contributed by atoms with van der Waals surface area (Å²) >= 11 is 0. The summed E-state index contributed by atoms with van der Waals surface area (Å²) < 4.78 is 1.87. The van der Waals surface area contributed by atoms with Gasteiger partial charge in [-0.05, 0) is 30.3 Å². The smallest absolute Gasteiger partial charge is 0.254 e. The first-order chi connectivity index (χ1) is 12.1. The second kappa shape index (κ2) is 7.61. The maximum Gasteiger partial charge on any atom is 0.254 e. The fraction of sp³-hybridized carbons (Fsp3) is 0.211. The number of hydrogen-bond acceptors (Lipinski definition) is 4. The maximum absolute atomic E-state index is 11.8. The monoisotopic (exact) mass is 335 g/mol. The molecule has 0 aliphatic carbocycles. The molecule has 0 radical (unpaired) electrons. The number of para-hydroxylation sites is 1. The topological polar surface area (TPSA) is 63.1 Å². The van der Waals surface area contributed by atoms with Crippen molar-refractivity contribution in [3.05, 3.63) is 72.2 Å². The minimum Gasteiger partial charge on any atom is -0.370 e. The molecule has 0 fully saturated rings. The van der Waals surface area contributed by atoms with Crippen molar-refractivity contribution in [2.24, 2.45) is 0 Å². The van der Waals surface area contributed by atoms with E-state index in [2.05, 4.69) is 15.4 Å². The predicted molar refractivity (Wildman–Crippen MR) is 98.0 cm³/mol. The Hall–Kier alpha value is -3.15. The molecule has 0 saturated heterocycles. The summed E-state index contributed by atoms with van der Waals surface area (Å²) in [4.78, 5) is 17.6. The van der Waals surface area contributed by atoms with E-state index in [1.54, 1.807) is 26.4 Å². The number of aromatic nitrogens is 3. The third kappa shape index (κ3) is 4.23. The van der Waals surface area contributed by atoms with E-state index in [1.807, 2.05) is 53.3 Å². The standard InChI is InChI=1S/C19H21N5O/c1-23(2)19(25)15-8-9-18(21-14-15)20-12-10-16-11-13-24(22-16)17-6-4-3-5-7-17/h3-9,11,13-14H,10,12H2,1-2H3,(H,20,21). The Morgan fingerprint density at radius 1 is 1.12 bits per heavy atom. The Balaban J connectivity index is 1.53. The molecule has 2 aromatic heterocycles. The van der Waals surface area contributed by atoms with Crippen LogP contribution >= 0.6 is 0 Å². The van der Waals surface area contributed by atoms with Crippen LogP contribution in [0.15, 0.2) is 60.9 Å². The van der Waals surface area contributed by atoms with Gasteiger partial charge in [0.2, 0.25) is 0 Å². The van der Waals surface area contributed by atoms with Crippen molar-refractivity contribution >= 4 is 11.7 Å². The Morgan fingerprint density at radius 3 is 2.60 bits per heavy atom. The molecule has 1 aromatic carbocycles. The molecule has 6 heteroatoms. The Bertz CT molecular complexity index is 825. The summed E-state index contributed by atoms with van der Waals surface area (Å²) in [5.74, 6) is 0.697. The molecule has 0 spiro atoms. The first kappa shape index (κ1) is 16.7. The molecule has 2 heterocycles. The average molecular weight is 335 g/mol. The number of rotatable bonds is 6. The lowest BCUT2D eigenvalue weighted by atomic mass is 10.2. The quantitative estimate of drug-likeness (QED) is 0.752. The van der Waals surface area contributed by atoms with Crippen molar-refractivity contribution in [3.63, 3.8) is 0 Å². The van der Waals surface area contributed by atoms with Crippen LogP contribution in [0.1, 0.15) is 16.1 Å². The lowest BCUT2D eigenvalue weighted by molar-refractivity contribution is 0.0827. The van der Waals surface area contributed by atoms with Gasteiger partial charge in [-0.25, -0.2) is 9.67 Å². The van der Waals surface area contributed by atoms with Crippen LogP contribution in [0.3, 0.4) is 0 Å². The van der Waals surface area contributed by atoms with Crippen LogP contribution in [-0.4, -0.2) is 46.2 Å². The van der Waals surface area contributed by atoms with Crippen LogP contribution in [0.2, 0.25) is 0 Å². The number of carbonyl (C=O) groups is 1. The Morgan fingerprint density at radius 2 is 1.92 bits per heavy atom.